The fourth-order valence-electron chi connectivity index (χ4n) is 2.03. The van der Waals surface area contributed by atoms with Crippen molar-refractivity contribution < 1.29 is 13.2 Å². The molecule has 0 aliphatic carbocycles. The second-order valence-electron chi connectivity index (χ2n) is 4.76. The Morgan fingerprint density at radius 3 is 2.68 bits per heavy atom. The fraction of sp³-hybridized carbons (Fsp3) is 0.214. The summed E-state index contributed by atoms with van der Waals surface area (Å²) in [4.78, 5) is 5.45. The molecular weight excluding hydrogens is 322 g/mol. The first kappa shape index (κ1) is 15.0. The van der Waals surface area contributed by atoms with Gasteiger partial charge in [0.2, 0.25) is 10.0 Å². The number of aryl methyl sites for hydroxylation is 1. The molecule has 0 unspecified atom stereocenters. The summed E-state index contributed by atoms with van der Waals surface area (Å²) >= 11 is 1.53. The molecule has 0 bridgehead atoms. The Hall–Kier alpha value is -1.90. The standard InChI is InChI=1S/C14H15N3O3S2/c1-10-9-21-14-16-11(8-17(10)14)7-15-22(18,19)13-5-3-12(20-2)4-6-13/h3-6,8-9,15H,7H2,1-2H3. The number of rotatable bonds is 5. The molecule has 2 heterocycles. The normalized spacial score (nSPS) is 11.9. The molecule has 0 atom stereocenters. The molecule has 22 heavy (non-hydrogen) atoms. The van der Waals surface area contributed by atoms with Gasteiger partial charge in [0, 0.05) is 17.3 Å². The van der Waals surface area contributed by atoms with Gasteiger partial charge < -0.3 is 4.74 Å². The van der Waals surface area contributed by atoms with Crippen LogP contribution in [0.3, 0.4) is 0 Å². The fourth-order valence-corrected chi connectivity index (χ4v) is 3.90. The van der Waals surface area contributed by atoms with Crippen LogP contribution in [0.15, 0.2) is 40.7 Å². The summed E-state index contributed by atoms with van der Waals surface area (Å²) in [6.45, 7) is 2.14. The minimum Gasteiger partial charge on any atom is -0.497 e. The van der Waals surface area contributed by atoms with E-state index in [-0.39, 0.29) is 11.4 Å². The van der Waals surface area contributed by atoms with Gasteiger partial charge in [-0.25, -0.2) is 18.1 Å². The predicted octanol–water partition coefficient (Wildman–Crippen LogP) is 2.19. The summed E-state index contributed by atoms with van der Waals surface area (Å²) in [5.74, 6) is 0.615. The highest BCUT2D eigenvalue weighted by atomic mass is 32.2. The van der Waals surface area contributed by atoms with E-state index in [0.717, 1.165) is 10.7 Å². The molecule has 0 aliphatic rings. The largest absolute Gasteiger partial charge is 0.497 e. The van der Waals surface area contributed by atoms with Crippen LogP contribution in [0.5, 0.6) is 5.75 Å². The van der Waals surface area contributed by atoms with E-state index >= 15 is 0 Å². The molecule has 1 N–H and O–H groups in total. The van der Waals surface area contributed by atoms with E-state index < -0.39 is 10.0 Å². The SMILES string of the molecule is COc1ccc(S(=O)(=O)NCc2cn3c(C)csc3n2)cc1. The summed E-state index contributed by atoms with van der Waals surface area (Å²) in [7, 11) is -2.03. The van der Waals surface area contributed by atoms with Crippen LogP contribution in [-0.2, 0) is 16.6 Å². The molecule has 3 rings (SSSR count). The van der Waals surface area contributed by atoms with E-state index in [1.165, 1.54) is 30.6 Å². The van der Waals surface area contributed by atoms with Gasteiger partial charge in [0.1, 0.15) is 5.75 Å². The van der Waals surface area contributed by atoms with Crippen LogP contribution >= 0.6 is 11.3 Å². The zero-order valence-corrected chi connectivity index (χ0v) is 13.7. The molecule has 0 saturated carbocycles. The van der Waals surface area contributed by atoms with Gasteiger partial charge in [0.25, 0.3) is 0 Å². The zero-order valence-electron chi connectivity index (χ0n) is 12.1. The quantitative estimate of drug-likeness (QED) is 0.774. The Bertz CT molecular complexity index is 895. The number of nitrogens with one attached hydrogen (secondary N) is 1. The van der Waals surface area contributed by atoms with E-state index in [1.807, 2.05) is 22.9 Å². The van der Waals surface area contributed by atoms with Crippen LogP contribution < -0.4 is 9.46 Å². The van der Waals surface area contributed by atoms with Crippen LogP contribution in [0.25, 0.3) is 4.96 Å². The van der Waals surface area contributed by atoms with Crippen LogP contribution in [0, 0.1) is 6.92 Å². The minimum absolute atomic E-state index is 0.155. The second-order valence-corrected chi connectivity index (χ2v) is 7.37. The average molecular weight is 337 g/mol. The van der Waals surface area contributed by atoms with Crippen molar-refractivity contribution in [3.63, 3.8) is 0 Å². The summed E-state index contributed by atoms with van der Waals surface area (Å²) in [5, 5.41) is 2.01. The highest BCUT2D eigenvalue weighted by Gasteiger charge is 2.15. The molecule has 0 spiro atoms. The molecule has 6 nitrogen and oxygen atoms in total. The third-order valence-electron chi connectivity index (χ3n) is 3.25. The Morgan fingerprint density at radius 2 is 2.05 bits per heavy atom. The topological polar surface area (TPSA) is 72.7 Å². The lowest BCUT2D eigenvalue weighted by Gasteiger charge is -2.06. The zero-order chi connectivity index (χ0) is 15.7. The van der Waals surface area contributed by atoms with Gasteiger partial charge in [-0.1, -0.05) is 0 Å². The molecule has 0 radical (unpaired) electrons. The number of methoxy groups -OCH3 is 1. The first-order valence-electron chi connectivity index (χ1n) is 6.55. The molecular formula is C14H15N3O3S2. The summed E-state index contributed by atoms with van der Waals surface area (Å²) < 4.78 is 34.0. The molecule has 116 valence electrons. The van der Waals surface area contributed by atoms with Crippen molar-refractivity contribution in [1.29, 1.82) is 0 Å². The summed E-state index contributed by atoms with van der Waals surface area (Å²) in [6.07, 6.45) is 1.84. The third kappa shape index (κ3) is 2.85. The van der Waals surface area contributed by atoms with Crippen LogP contribution in [0.1, 0.15) is 11.4 Å². The van der Waals surface area contributed by atoms with E-state index in [2.05, 4.69) is 9.71 Å². The van der Waals surface area contributed by atoms with Gasteiger partial charge in [-0.2, -0.15) is 0 Å². The number of hydrogen-bond donors (Lipinski definition) is 1. The molecule has 2 aromatic heterocycles. The molecule has 3 aromatic rings. The number of aromatic nitrogens is 2. The lowest BCUT2D eigenvalue weighted by atomic mass is 10.3. The van der Waals surface area contributed by atoms with Gasteiger partial charge in [0.05, 0.1) is 24.2 Å². The highest BCUT2D eigenvalue weighted by Crippen LogP contribution is 2.17. The van der Waals surface area contributed by atoms with E-state index in [1.54, 1.807) is 12.1 Å². The summed E-state index contributed by atoms with van der Waals surface area (Å²) in [5.41, 5.74) is 1.77. The number of imidazole rings is 1. The maximum absolute atomic E-state index is 12.2. The van der Waals surface area contributed by atoms with Crippen molar-refractivity contribution in [3.05, 3.63) is 47.2 Å². The molecule has 1 aromatic carbocycles. The molecule has 0 aliphatic heterocycles. The van der Waals surface area contributed by atoms with Crippen LogP contribution in [0.4, 0.5) is 0 Å². The summed E-state index contributed by atoms with van der Waals surface area (Å²) in [6, 6.07) is 6.25. The van der Waals surface area contributed by atoms with Crippen molar-refractivity contribution in [3.8, 4) is 5.75 Å². The average Bonchev–Trinajstić information content (AvgIpc) is 3.07. The van der Waals surface area contributed by atoms with Crippen molar-refractivity contribution in [2.45, 2.75) is 18.4 Å². The van der Waals surface area contributed by atoms with Gasteiger partial charge in [-0.05, 0) is 31.2 Å². The number of ether oxygens (including phenoxy) is 1. The number of benzene rings is 1. The number of sulfonamides is 1. The maximum atomic E-state index is 12.2. The lowest BCUT2D eigenvalue weighted by Crippen LogP contribution is -2.23. The third-order valence-corrected chi connectivity index (χ3v) is 5.63. The molecule has 8 heteroatoms. The van der Waals surface area contributed by atoms with E-state index in [4.69, 9.17) is 4.74 Å². The number of fused-ring (bicyclic) bond motifs is 1. The monoisotopic (exact) mass is 337 g/mol. The van der Waals surface area contributed by atoms with Gasteiger partial charge in [0.15, 0.2) is 4.96 Å². The van der Waals surface area contributed by atoms with E-state index in [9.17, 15) is 8.42 Å². The number of nitrogens with zero attached hydrogens (tertiary/aromatic N) is 2. The second kappa shape index (κ2) is 5.71. The maximum Gasteiger partial charge on any atom is 0.240 e. The van der Waals surface area contributed by atoms with Gasteiger partial charge in [-0.3, -0.25) is 4.40 Å². The first-order chi connectivity index (χ1) is 10.5. The van der Waals surface area contributed by atoms with Crippen LogP contribution in [0.2, 0.25) is 0 Å². The molecule has 0 saturated heterocycles. The Morgan fingerprint density at radius 1 is 1.32 bits per heavy atom. The van der Waals surface area contributed by atoms with Crippen LogP contribution in [-0.4, -0.2) is 24.9 Å². The molecule has 0 amide bonds. The van der Waals surface area contributed by atoms with Crippen molar-refractivity contribution in [2.75, 3.05) is 7.11 Å². The number of hydrogen-bond acceptors (Lipinski definition) is 5. The first-order valence-corrected chi connectivity index (χ1v) is 8.92. The van der Waals surface area contributed by atoms with Crippen molar-refractivity contribution in [2.24, 2.45) is 0 Å². The number of thiazole rings is 1. The van der Waals surface area contributed by atoms with Crippen molar-refractivity contribution in [1.82, 2.24) is 14.1 Å². The molecule has 0 fully saturated rings. The lowest BCUT2D eigenvalue weighted by molar-refractivity contribution is 0.414. The Balaban J connectivity index is 1.75. The predicted molar refractivity (Wildman–Crippen MR) is 84.8 cm³/mol. The Labute approximate surface area is 132 Å². The highest BCUT2D eigenvalue weighted by molar-refractivity contribution is 7.89. The Kier molecular flexibility index (Phi) is 3.90. The van der Waals surface area contributed by atoms with Gasteiger partial charge in [-0.15, -0.1) is 11.3 Å². The minimum atomic E-state index is -3.57. The smallest absolute Gasteiger partial charge is 0.240 e. The van der Waals surface area contributed by atoms with Crippen molar-refractivity contribution >= 4 is 26.3 Å². The van der Waals surface area contributed by atoms with Gasteiger partial charge >= 0.3 is 0 Å². The van der Waals surface area contributed by atoms with E-state index in [0.29, 0.717) is 11.4 Å².